The van der Waals surface area contributed by atoms with Crippen molar-refractivity contribution in [2.45, 2.75) is 19.0 Å². The average molecular weight is 443 g/mol. The van der Waals surface area contributed by atoms with Crippen LogP contribution in [-0.4, -0.2) is 25.5 Å². The number of anilines is 1. The summed E-state index contributed by atoms with van der Waals surface area (Å²) < 4.78 is 26.5. The number of rotatable bonds is 6. The van der Waals surface area contributed by atoms with Crippen LogP contribution in [-0.2, 0) is 21.6 Å². The number of carbonyl (C=O) groups excluding carboxylic acids is 1. The quantitative estimate of drug-likeness (QED) is 0.389. The number of nitrogens with zero attached hydrogens (tertiary/aromatic N) is 2. The molecule has 3 N–H and O–H groups in total. The first-order valence-corrected chi connectivity index (χ1v) is 11.0. The number of hydrogen-bond acceptors (Lipinski definition) is 3. The number of benzene rings is 2. The second-order valence-electron chi connectivity index (χ2n) is 7.58. The molecule has 0 fully saturated rings. The van der Waals surface area contributed by atoms with E-state index in [0.717, 1.165) is 11.3 Å². The van der Waals surface area contributed by atoms with E-state index >= 15 is 0 Å². The summed E-state index contributed by atoms with van der Waals surface area (Å²) in [4.78, 5) is 31.4. The number of nitrogens with one attached hydrogen (secondary N) is 1. The predicted molar refractivity (Wildman–Crippen MR) is 118 cm³/mol. The molecule has 2 aromatic carbocycles. The molecule has 3 rings (SSSR count). The van der Waals surface area contributed by atoms with Crippen LogP contribution in [0.4, 0.5) is 10.1 Å². The summed E-state index contributed by atoms with van der Waals surface area (Å²) in [5.41, 5.74) is 3.17. The van der Waals surface area contributed by atoms with Gasteiger partial charge in [0.25, 0.3) is 0 Å². The molecule has 0 saturated heterocycles. The highest BCUT2D eigenvalue weighted by molar-refractivity contribution is 7.53. The van der Waals surface area contributed by atoms with Crippen molar-refractivity contribution in [2.24, 2.45) is 7.05 Å². The molecule has 0 spiro atoms. The summed E-state index contributed by atoms with van der Waals surface area (Å²) in [6.45, 7) is 2.94. The van der Waals surface area contributed by atoms with Gasteiger partial charge in [-0.25, -0.2) is 4.39 Å². The molecular weight excluding hydrogens is 420 g/mol. The number of hydrogen-bond donors (Lipinski definition) is 3. The normalized spacial score (nSPS) is 12.3. The standard InChI is InChI=1S/C22H23FN3O4P/c1-22(2,31(28,29)30)17-7-11-19(12-8-17)25-20(27)13-6-16-14-24-26(3)21(16)15-4-9-18(23)10-5-15/h4-14H,1-3H3,(H,25,27)(H2,28,29,30)/b13-6+. The van der Waals surface area contributed by atoms with E-state index in [1.807, 2.05) is 0 Å². The summed E-state index contributed by atoms with van der Waals surface area (Å²) >= 11 is 0. The van der Waals surface area contributed by atoms with Gasteiger partial charge in [-0.3, -0.25) is 14.0 Å². The van der Waals surface area contributed by atoms with Crippen molar-refractivity contribution >= 4 is 25.3 Å². The molecule has 162 valence electrons. The monoisotopic (exact) mass is 443 g/mol. The lowest BCUT2D eigenvalue weighted by Gasteiger charge is -2.26. The van der Waals surface area contributed by atoms with Gasteiger partial charge in [0.2, 0.25) is 5.91 Å². The SMILES string of the molecule is Cn1ncc(/C=C/C(=O)Nc2ccc(C(C)(C)P(=O)(O)O)cc2)c1-c1ccc(F)cc1. The van der Waals surface area contributed by atoms with Gasteiger partial charge in [0.1, 0.15) is 5.82 Å². The molecule has 0 radical (unpaired) electrons. The number of aromatic nitrogens is 2. The second-order valence-corrected chi connectivity index (χ2v) is 9.79. The fourth-order valence-electron chi connectivity index (χ4n) is 3.02. The minimum atomic E-state index is -4.34. The van der Waals surface area contributed by atoms with Gasteiger partial charge < -0.3 is 15.1 Å². The number of aryl methyl sites for hydroxylation is 1. The van der Waals surface area contributed by atoms with Gasteiger partial charge in [-0.2, -0.15) is 5.10 Å². The Labute approximate surface area is 179 Å². The Morgan fingerprint density at radius 2 is 1.74 bits per heavy atom. The van der Waals surface area contributed by atoms with E-state index in [2.05, 4.69) is 10.4 Å². The Balaban J connectivity index is 1.74. The van der Waals surface area contributed by atoms with Gasteiger partial charge in [0.05, 0.1) is 17.0 Å². The molecule has 7 nitrogen and oxygen atoms in total. The van der Waals surface area contributed by atoms with Crippen LogP contribution in [0.1, 0.15) is 25.0 Å². The van der Waals surface area contributed by atoms with Gasteiger partial charge in [0.15, 0.2) is 0 Å². The first kappa shape index (κ1) is 22.6. The van der Waals surface area contributed by atoms with E-state index in [0.29, 0.717) is 16.8 Å². The maximum absolute atomic E-state index is 13.2. The van der Waals surface area contributed by atoms with Crippen molar-refractivity contribution in [1.29, 1.82) is 0 Å². The Morgan fingerprint density at radius 3 is 2.32 bits per heavy atom. The topological polar surface area (TPSA) is 104 Å². The highest BCUT2D eigenvalue weighted by atomic mass is 31.2. The van der Waals surface area contributed by atoms with Crippen molar-refractivity contribution in [1.82, 2.24) is 9.78 Å². The van der Waals surface area contributed by atoms with Crippen molar-refractivity contribution in [2.75, 3.05) is 5.32 Å². The van der Waals surface area contributed by atoms with Crippen LogP contribution in [0.3, 0.4) is 0 Å². The van der Waals surface area contributed by atoms with E-state index < -0.39 is 12.8 Å². The van der Waals surface area contributed by atoms with E-state index in [9.17, 15) is 23.5 Å². The number of halogens is 1. The summed E-state index contributed by atoms with van der Waals surface area (Å²) in [7, 11) is -2.58. The Hall–Kier alpha value is -3.06. The fraction of sp³-hybridized carbons (Fsp3) is 0.182. The lowest BCUT2D eigenvalue weighted by Crippen LogP contribution is -2.17. The minimum Gasteiger partial charge on any atom is -0.324 e. The van der Waals surface area contributed by atoms with Crippen LogP contribution in [0.2, 0.25) is 0 Å². The van der Waals surface area contributed by atoms with Crippen LogP contribution < -0.4 is 5.32 Å². The van der Waals surface area contributed by atoms with E-state index in [1.54, 1.807) is 60.4 Å². The zero-order valence-electron chi connectivity index (χ0n) is 17.3. The van der Waals surface area contributed by atoms with Crippen molar-refractivity contribution in [3.63, 3.8) is 0 Å². The summed E-state index contributed by atoms with van der Waals surface area (Å²) in [6.07, 6.45) is 4.59. The van der Waals surface area contributed by atoms with Crippen molar-refractivity contribution in [3.8, 4) is 11.3 Å². The highest BCUT2D eigenvalue weighted by Gasteiger charge is 2.39. The highest BCUT2D eigenvalue weighted by Crippen LogP contribution is 2.56. The summed E-state index contributed by atoms with van der Waals surface area (Å²) in [5, 5.41) is 5.59. The third kappa shape index (κ3) is 4.99. The Morgan fingerprint density at radius 1 is 1.13 bits per heavy atom. The van der Waals surface area contributed by atoms with Gasteiger partial charge in [0, 0.05) is 29.9 Å². The molecule has 1 aromatic heterocycles. The number of amides is 1. The minimum absolute atomic E-state index is 0.336. The van der Waals surface area contributed by atoms with E-state index in [4.69, 9.17) is 0 Å². The maximum Gasteiger partial charge on any atom is 0.335 e. The molecule has 31 heavy (non-hydrogen) atoms. The van der Waals surface area contributed by atoms with Crippen LogP contribution in [0, 0.1) is 5.82 Å². The first-order valence-electron chi connectivity index (χ1n) is 9.42. The Bertz CT molecular complexity index is 1160. The fourth-order valence-corrected chi connectivity index (χ4v) is 3.50. The van der Waals surface area contributed by atoms with Gasteiger partial charge in [-0.15, -0.1) is 0 Å². The molecule has 1 heterocycles. The molecule has 0 aliphatic rings. The third-order valence-electron chi connectivity index (χ3n) is 5.09. The van der Waals surface area contributed by atoms with Crippen LogP contribution in [0.15, 0.2) is 60.8 Å². The molecule has 3 aromatic rings. The lowest BCUT2D eigenvalue weighted by molar-refractivity contribution is -0.111. The maximum atomic E-state index is 13.2. The smallest absolute Gasteiger partial charge is 0.324 e. The van der Waals surface area contributed by atoms with Gasteiger partial charge in [-0.05, 0) is 61.9 Å². The molecular formula is C22H23FN3O4P. The molecule has 0 saturated carbocycles. The molecule has 0 aliphatic carbocycles. The third-order valence-corrected chi connectivity index (χ3v) is 6.80. The summed E-state index contributed by atoms with van der Waals surface area (Å²) in [5.74, 6) is -0.714. The molecule has 0 aliphatic heterocycles. The van der Waals surface area contributed by atoms with Gasteiger partial charge >= 0.3 is 7.60 Å². The van der Waals surface area contributed by atoms with Crippen LogP contribution in [0.5, 0.6) is 0 Å². The van der Waals surface area contributed by atoms with Gasteiger partial charge in [-0.1, -0.05) is 12.1 Å². The van der Waals surface area contributed by atoms with Crippen molar-refractivity contribution < 1.29 is 23.5 Å². The Kier molecular flexibility index (Phi) is 6.27. The second kappa shape index (κ2) is 8.59. The van der Waals surface area contributed by atoms with Crippen molar-refractivity contribution in [3.05, 3.63) is 77.7 Å². The van der Waals surface area contributed by atoms with Crippen LogP contribution in [0.25, 0.3) is 17.3 Å². The van der Waals surface area contributed by atoms with E-state index in [-0.39, 0.29) is 11.7 Å². The first-order chi connectivity index (χ1) is 14.5. The van der Waals surface area contributed by atoms with Crippen LogP contribution >= 0.6 is 7.60 Å². The largest absolute Gasteiger partial charge is 0.335 e. The lowest BCUT2D eigenvalue weighted by atomic mass is 10.0. The molecule has 0 bridgehead atoms. The molecule has 9 heteroatoms. The molecule has 0 atom stereocenters. The average Bonchev–Trinajstić information content (AvgIpc) is 3.07. The van der Waals surface area contributed by atoms with E-state index in [1.165, 1.54) is 32.1 Å². The predicted octanol–water partition coefficient (Wildman–Crippen LogP) is 4.29. The summed E-state index contributed by atoms with van der Waals surface area (Å²) in [6, 6.07) is 12.3. The zero-order chi connectivity index (χ0) is 22.8. The zero-order valence-corrected chi connectivity index (χ0v) is 18.2. The molecule has 1 amide bonds. The molecule has 0 unspecified atom stereocenters. The number of carbonyl (C=O) groups is 1.